The summed E-state index contributed by atoms with van der Waals surface area (Å²) in [7, 11) is 0. The summed E-state index contributed by atoms with van der Waals surface area (Å²) in [6.45, 7) is 3.57. The standard InChI is InChI=1S/C18H22N4O3/c1-12-4-5-14(9-19-12)18(23)22-8-2-3-15(10-22)24-11-16-20-17(25-21-16)13-6-7-13/h4-5,9,13,15H,2-3,6-8,10-11H2,1H3. The molecule has 132 valence electrons. The largest absolute Gasteiger partial charge is 0.368 e. The summed E-state index contributed by atoms with van der Waals surface area (Å²) >= 11 is 0. The smallest absolute Gasteiger partial charge is 0.255 e. The lowest BCUT2D eigenvalue weighted by Gasteiger charge is -2.32. The Morgan fingerprint density at radius 2 is 2.24 bits per heavy atom. The lowest BCUT2D eigenvalue weighted by molar-refractivity contribution is -0.00962. The summed E-state index contributed by atoms with van der Waals surface area (Å²) < 4.78 is 11.2. The lowest BCUT2D eigenvalue weighted by atomic mass is 10.1. The van der Waals surface area contributed by atoms with Crippen LogP contribution in [-0.4, -0.2) is 45.1 Å². The summed E-state index contributed by atoms with van der Waals surface area (Å²) in [5.41, 5.74) is 1.53. The van der Waals surface area contributed by atoms with E-state index in [0.717, 1.165) is 43.8 Å². The summed E-state index contributed by atoms with van der Waals surface area (Å²) in [6, 6.07) is 3.69. The zero-order chi connectivity index (χ0) is 17.2. The second-order valence-electron chi connectivity index (χ2n) is 6.84. The number of hydrogen-bond donors (Lipinski definition) is 0. The van der Waals surface area contributed by atoms with Crippen LogP contribution in [0.4, 0.5) is 0 Å². The van der Waals surface area contributed by atoms with Crippen LogP contribution in [0.25, 0.3) is 0 Å². The summed E-state index contributed by atoms with van der Waals surface area (Å²) in [4.78, 5) is 23.0. The van der Waals surface area contributed by atoms with Gasteiger partial charge in [-0.15, -0.1) is 0 Å². The number of carbonyl (C=O) groups excluding carboxylic acids is 1. The Balaban J connectivity index is 1.32. The number of aromatic nitrogens is 3. The second-order valence-corrected chi connectivity index (χ2v) is 6.84. The van der Waals surface area contributed by atoms with Crippen molar-refractivity contribution in [2.24, 2.45) is 0 Å². The van der Waals surface area contributed by atoms with Gasteiger partial charge in [0.1, 0.15) is 6.61 Å². The second kappa shape index (κ2) is 6.92. The van der Waals surface area contributed by atoms with E-state index in [-0.39, 0.29) is 12.0 Å². The molecule has 1 saturated heterocycles. The van der Waals surface area contributed by atoms with E-state index in [2.05, 4.69) is 15.1 Å². The van der Waals surface area contributed by atoms with Gasteiger partial charge in [0, 0.05) is 30.9 Å². The minimum Gasteiger partial charge on any atom is -0.368 e. The molecule has 1 atom stereocenters. The van der Waals surface area contributed by atoms with Crippen molar-refractivity contribution in [2.75, 3.05) is 13.1 Å². The summed E-state index contributed by atoms with van der Waals surface area (Å²) in [6.07, 6.45) is 5.77. The van der Waals surface area contributed by atoms with Crippen LogP contribution in [0.15, 0.2) is 22.9 Å². The van der Waals surface area contributed by atoms with Crippen LogP contribution in [-0.2, 0) is 11.3 Å². The number of aryl methyl sites for hydroxylation is 1. The number of rotatable bonds is 5. The van der Waals surface area contributed by atoms with Crippen molar-refractivity contribution in [3.63, 3.8) is 0 Å². The number of hydrogen-bond acceptors (Lipinski definition) is 6. The number of amides is 1. The fraction of sp³-hybridized carbons (Fsp3) is 0.556. The molecule has 1 saturated carbocycles. The monoisotopic (exact) mass is 342 g/mol. The topological polar surface area (TPSA) is 81.4 Å². The van der Waals surface area contributed by atoms with Crippen LogP contribution in [0, 0.1) is 6.92 Å². The molecule has 0 bridgehead atoms. The van der Waals surface area contributed by atoms with E-state index < -0.39 is 0 Å². The van der Waals surface area contributed by atoms with Crippen molar-refractivity contribution < 1.29 is 14.1 Å². The van der Waals surface area contributed by atoms with E-state index >= 15 is 0 Å². The van der Waals surface area contributed by atoms with Gasteiger partial charge in [-0.3, -0.25) is 9.78 Å². The van der Waals surface area contributed by atoms with E-state index in [1.54, 1.807) is 6.20 Å². The molecule has 3 heterocycles. The molecule has 7 heteroatoms. The van der Waals surface area contributed by atoms with Crippen molar-refractivity contribution >= 4 is 5.91 Å². The Kier molecular flexibility index (Phi) is 4.48. The third-order valence-electron chi connectivity index (χ3n) is 4.68. The lowest BCUT2D eigenvalue weighted by Crippen LogP contribution is -2.43. The first-order valence-electron chi connectivity index (χ1n) is 8.85. The van der Waals surface area contributed by atoms with Gasteiger partial charge < -0.3 is 14.2 Å². The molecule has 0 spiro atoms. The Hall–Kier alpha value is -2.28. The Morgan fingerprint density at radius 1 is 1.36 bits per heavy atom. The number of likely N-dealkylation sites (tertiary alicyclic amines) is 1. The first-order chi connectivity index (χ1) is 12.2. The predicted molar refractivity (Wildman–Crippen MR) is 89.0 cm³/mol. The molecule has 0 N–H and O–H groups in total. The predicted octanol–water partition coefficient (Wildman–Crippen LogP) is 2.47. The molecule has 2 fully saturated rings. The van der Waals surface area contributed by atoms with Crippen molar-refractivity contribution in [3.05, 3.63) is 41.3 Å². The van der Waals surface area contributed by atoms with E-state index in [0.29, 0.717) is 30.5 Å². The van der Waals surface area contributed by atoms with Gasteiger partial charge in [-0.2, -0.15) is 4.98 Å². The minimum atomic E-state index is -0.000942. The highest BCUT2D eigenvalue weighted by Crippen LogP contribution is 2.38. The summed E-state index contributed by atoms with van der Waals surface area (Å²) in [5, 5.41) is 3.97. The highest BCUT2D eigenvalue weighted by molar-refractivity contribution is 5.94. The van der Waals surface area contributed by atoms with Gasteiger partial charge in [0.25, 0.3) is 5.91 Å². The molecule has 1 unspecified atom stereocenters. The third kappa shape index (κ3) is 3.87. The Morgan fingerprint density at radius 3 is 3.00 bits per heavy atom. The molecule has 4 rings (SSSR count). The van der Waals surface area contributed by atoms with Crippen molar-refractivity contribution in [3.8, 4) is 0 Å². The number of pyridine rings is 1. The van der Waals surface area contributed by atoms with Crippen LogP contribution in [0.1, 0.15) is 59.4 Å². The van der Waals surface area contributed by atoms with Gasteiger partial charge in [-0.05, 0) is 44.7 Å². The Bertz CT molecular complexity index is 739. The van der Waals surface area contributed by atoms with Crippen molar-refractivity contribution in [2.45, 2.75) is 51.2 Å². The first-order valence-corrected chi connectivity index (χ1v) is 8.85. The van der Waals surface area contributed by atoms with Gasteiger partial charge in [-0.1, -0.05) is 5.16 Å². The zero-order valence-corrected chi connectivity index (χ0v) is 14.4. The average molecular weight is 342 g/mol. The van der Waals surface area contributed by atoms with Gasteiger partial charge in [-0.25, -0.2) is 0 Å². The van der Waals surface area contributed by atoms with Crippen LogP contribution in [0.5, 0.6) is 0 Å². The number of nitrogens with zero attached hydrogens (tertiary/aromatic N) is 4. The van der Waals surface area contributed by atoms with E-state index in [4.69, 9.17) is 9.26 Å². The molecule has 2 aromatic heterocycles. The van der Waals surface area contributed by atoms with E-state index in [1.165, 1.54) is 0 Å². The molecule has 2 aromatic rings. The number of piperidine rings is 1. The fourth-order valence-electron chi connectivity index (χ4n) is 3.05. The number of carbonyl (C=O) groups is 1. The van der Waals surface area contributed by atoms with Crippen LogP contribution in [0.2, 0.25) is 0 Å². The molecule has 0 aromatic carbocycles. The van der Waals surface area contributed by atoms with Gasteiger partial charge in [0.05, 0.1) is 11.7 Å². The molecule has 0 radical (unpaired) electrons. The average Bonchev–Trinajstić information content (AvgIpc) is 3.39. The molecule has 1 aliphatic carbocycles. The third-order valence-corrected chi connectivity index (χ3v) is 4.68. The van der Waals surface area contributed by atoms with Crippen molar-refractivity contribution in [1.29, 1.82) is 0 Å². The molecular weight excluding hydrogens is 320 g/mol. The van der Waals surface area contributed by atoms with E-state index in [9.17, 15) is 4.79 Å². The normalized spacial score (nSPS) is 20.7. The highest BCUT2D eigenvalue weighted by Gasteiger charge is 2.30. The van der Waals surface area contributed by atoms with E-state index in [1.807, 2.05) is 24.0 Å². The summed E-state index contributed by atoms with van der Waals surface area (Å²) in [5.74, 6) is 1.78. The fourth-order valence-corrected chi connectivity index (χ4v) is 3.05. The first kappa shape index (κ1) is 16.2. The molecule has 1 amide bonds. The van der Waals surface area contributed by atoms with Gasteiger partial charge >= 0.3 is 0 Å². The SMILES string of the molecule is Cc1ccc(C(=O)N2CCCC(OCc3noc(C4CC4)n3)C2)cn1. The van der Waals surface area contributed by atoms with Crippen molar-refractivity contribution in [1.82, 2.24) is 20.0 Å². The number of ether oxygens (including phenoxy) is 1. The quantitative estimate of drug-likeness (QED) is 0.830. The minimum absolute atomic E-state index is 0.000942. The molecule has 2 aliphatic rings. The maximum absolute atomic E-state index is 12.6. The zero-order valence-electron chi connectivity index (χ0n) is 14.4. The van der Waals surface area contributed by atoms with Gasteiger partial charge in [0.2, 0.25) is 5.89 Å². The molecular formula is C18H22N4O3. The Labute approximate surface area is 146 Å². The molecule has 7 nitrogen and oxygen atoms in total. The molecule has 1 aliphatic heterocycles. The maximum Gasteiger partial charge on any atom is 0.255 e. The maximum atomic E-state index is 12.6. The van der Waals surface area contributed by atoms with Crippen LogP contribution >= 0.6 is 0 Å². The molecule has 25 heavy (non-hydrogen) atoms. The van der Waals surface area contributed by atoms with Gasteiger partial charge in [0.15, 0.2) is 5.82 Å². The van der Waals surface area contributed by atoms with Crippen LogP contribution in [0.3, 0.4) is 0 Å². The highest BCUT2D eigenvalue weighted by atomic mass is 16.5. The van der Waals surface area contributed by atoms with Crippen LogP contribution < -0.4 is 0 Å².